The van der Waals surface area contributed by atoms with Crippen molar-refractivity contribution >= 4 is 29.9 Å². The molecule has 1 aromatic rings. The molecule has 6 heteroatoms. The number of aliphatic imine (C=N–C) groups is 1. The van der Waals surface area contributed by atoms with E-state index in [1.165, 1.54) is 38.3 Å². The van der Waals surface area contributed by atoms with Gasteiger partial charge in [-0.05, 0) is 57.6 Å². The molecule has 1 aromatic carbocycles. The van der Waals surface area contributed by atoms with Gasteiger partial charge in [0.1, 0.15) is 5.82 Å². The molecule has 0 aliphatic carbocycles. The van der Waals surface area contributed by atoms with Gasteiger partial charge in [0.25, 0.3) is 0 Å². The van der Waals surface area contributed by atoms with Gasteiger partial charge in [0.15, 0.2) is 5.96 Å². The molecular weight excluding hydrogens is 430 g/mol. The van der Waals surface area contributed by atoms with Crippen LogP contribution >= 0.6 is 24.0 Å². The van der Waals surface area contributed by atoms with Crippen LogP contribution < -0.4 is 10.6 Å². The van der Waals surface area contributed by atoms with Gasteiger partial charge >= 0.3 is 0 Å². The molecule has 0 saturated heterocycles. The summed E-state index contributed by atoms with van der Waals surface area (Å²) in [6.07, 6.45) is 7.07. The number of unbranched alkanes of at least 4 members (excludes halogenated alkanes) is 4. The lowest BCUT2D eigenvalue weighted by atomic mass is 10.1. The summed E-state index contributed by atoms with van der Waals surface area (Å²) in [5.74, 6) is 0.639. The van der Waals surface area contributed by atoms with E-state index in [0.29, 0.717) is 0 Å². The molecule has 0 spiro atoms. The van der Waals surface area contributed by atoms with Crippen LogP contribution in [0.1, 0.15) is 37.7 Å². The standard InChI is InChI=1S/C19H33FN4.HI/c1-21-19(22-13-7-5-4-6-8-15-24(2)3)23-14-12-17-10-9-11-18(20)16-17;/h9-11,16H,4-8,12-15H2,1-3H3,(H2,21,22,23);1H. The molecule has 0 saturated carbocycles. The van der Waals surface area contributed by atoms with Crippen LogP contribution in [0.2, 0.25) is 0 Å². The molecular formula is C19H34FIN4. The second-order valence-electron chi connectivity index (χ2n) is 6.38. The Morgan fingerprint density at radius 3 is 2.40 bits per heavy atom. The smallest absolute Gasteiger partial charge is 0.190 e. The fourth-order valence-electron chi connectivity index (χ4n) is 2.53. The average Bonchev–Trinajstić information content (AvgIpc) is 2.55. The zero-order chi connectivity index (χ0) is 17.6. The van der Waals surface area contributed by atoms with Crippen LogP contribution in [-0.2, 0) is 6.42 Å². The summed E-state index contributed by atoms with van der Waals surface area (Å²) in [4.78, 5) is 6.46. The zero-order valence-electron chi connectivity index (χ0n) is 15.9. The molecule has 0 atom stereocenters. The van der Waals surface area contributed by atoms with Gasteiger partial charge in [-0.15, -0.1) is 24.0 Å². The summed E-state index contributed by atoms with van der Waals surface area (Å²) in [5.41, 5.74) is 0.996. The molecule has 0 heterocycles. The summed E-state index contributed by atoms with van der Waals surface area (Å²) >= 11 is 0. The molecule has 1 rings (SSSR count). The van der Waals surface area contributed by atoms with Gasteiger partial charge in [0.2, 0.25) is 0 Å². The van der Waals surface area contributed by atoms with Crippen molar-refractivity contribution in [2.45, 2.75) is 38.5 Å². The van der Waals surface area contributed by atoms with E-state index in [1.54, 1.807) is 19.2 Å². The number of benzene rings is 1. The minimum Gasteiger partial charge on any atom is -0.356 e. The van der Waals surface area contributed by atoms with E-state index in [0.717, 1.165) is 37.5 Å². The van der Waals surface area contributed by atoms with Gasteiger partial charge in [-0.2, -0.15) is 0 Å². The number of hydrogen-bond donors (Lipinski definition) is 2. The van der Waals surface area contributed by atoms with Crippen molar-refractivity contribution in [3.8, 4) is 0 Å². The summed E-state index contributed by atoms with van der Waals surface area (Å²) in [5, 5.41) is 6.60. The number of guanidine groups is 1. The van der Waals surface area contributed by atoms with Crippen LogP contribution in [0.5, 0.6) is 0 Å². The van der Waals surface area contributed by atoms with Crippen molar-refractivity contribution < 1.29 is 4.39 Å². The second kappa shape index (κ2) is 15.4. The number of nitrogens with zero attached hydrogens (tertiary/aromatic N) is 2. The van der Waals surface area contributed by atoms with Gasteiger partial charge < -0.3 is 15.5 Å². The highest BCUT2D eigenvalue weighted by molar-refractivity contribution is 14.0. The molecule has 25 heavy (non-hydrogen) atoms. The molecule has 0 fully saturated rings. The van der Waals surface area contributed by atoms with Gasteiger partial charge in [-0.1, -0.05) is 31.4 Å². The molecule has 144 valence electrons. The maximum absolute atomic E-state index is 13.1. The largest absolute Gasteiger partial charge is 0.356 e. The van der Waals surface area contributed by atoms with Crippen LogP contribution in [0.25, 0.3) is 0 Å². The van der Waals surface area contributed by atoms with Crippen LogP contribution in [0.3, 0.4) is 0 Å². The normalized spacial score (nSPS) is 11.3. The lowest BCUT2D eigenvalue weighted by Crippen LogP contribution is -2.38. The first-order chi connectivity index (χ1) is 11.6. The number of rotatable bonds is 11. The van der Waals surface area contributed by atoms with Crippen molar-refractivity contribution in [1.82, 2.24) is 15.5 Å². The quantitative estimate of drug-likeness (QED) is 0.227. The van der Waals surface area contributed by atoms with Gasteiger partial charge in [0.05, 0.1) is 0 Å². The SMILES string of the molecule is CN=C(NCCCCCCCN(C)C)NCCc1cccc(F)c1.I. The molecule has 0 aliphatic heterocycles. The van der Waals surface area contributed by atoms with E-state index in [-0.39, 0.29) is 29.8 Å². The van der Waals surface area contributed by atoms with E-state index in [2.05, 4.69) is 34.6 Å². The molecule has 4 nitrogen and oxygen atoms in total. The predicted molar refractivity (Wildman–Crippen MR) is 117 cm³/mol. The minimum absolute atomic E-state index is 0. The zero-order valence-corrected chi connectivity index (χ0v) is 18.2. The Hall–Kier alpha value is -0.890. The van der Waals surface area contributed by atoms with Gasteiger partial charge in [-0.25, -0.2) is 4.39 Å². The van der Waals surface area contributed by atoms with Crippen LogP contribution in [0.15, 0.2) is 29.3 Å². The van der Waals surface area contributed by atoms with E-state index < -0.39 is 0 Å². The Morgan fingerprint density at radius 2 is 1.72 bits per heavy atom. The van der Waals surface area contributed by atoms with Gasteiger partial charge in [0, 0.05) is 20.1 Å². The fraction of sp³-hybridized carbons (Fsp3) is 0.632. The Kier molecular flexibility index (Phi) is 14.8. The number of hydrogen-bond acceptors (Lipinski definition) is 2. The minimum atomic E-state index is -0.180. The third kappa shape index (κ3) is 13.0. The molecule has 0 bridgehead atoms. The first-order valence-electron chi connectivity index (χ1n) is 8.95. The third-order valence-electron chi connectivity index (χ3n) is 3.89. The molecule has 2 N–H and O–H groups in total. The maximum atomic E-state index is 13.1. The Balaban J connectivity index is 0.00000576. The summed E-state index contributed by atoms with van der Waals surface area (Å²) in [6, 6.07) is 6.74. The second-order valence-corrected chi connectivity index (χ2v) is 6.38. The Bertz CT molecular complexity index is 480. The molecule has 0 aliphatic rings. The Labute approximate surface area is 169 Å². The third-order valence-corrected chi connectivity index (χ3v) is 3.89. The molecule has 0 aromatic heterocycles. The van der Waals surface area contributed by atoms with Crippen molar-refractivity contribution in [3.63, 3.8) is 0 Å². The number of nitrogens with one attached hydrogen (secondary N) is 2. The molecule has 0 radical (unpaired) electrons. The van der Waals surface area contributed by atoms with E-state index in [9.17, 15) is 4.39 Å². The van der Waals surface area contributed by atoms with Crippen molar-refractivity contribution in [1.29, 1.82) is 0 Å². The first-order valence-corrected chi connectivity index (χ1v) is 8.95. The van der Waals surface area contributed by atoms with Crippen LogP contribution in [0.4, 0.5) is 4.39 Å². The average molecular weight is 464 g/mol. The van der Waals surface area contributed by atoms with Crippen molar-refractivity contribution in [2.75, 3.05) is 40.8 Å². The maximum Gasteiger partial charge on any atom is 0.190 e. The van der Waals surface area contributed by atoms with Crippen LogP contribution in [-0.4, -0.2) is 51.6 Å². The predicted octanol–water partition coefficient (Wildman–Crippen LogP) is 3.66. The van der Waals surface area contributed by atoms with E-state index in [4.69, 9.17) is 0 Å². The molecule has 0 unspecified atom stereocenters. The van der Waals surface area contributed by atoms with Crippen molar-refractivity contribution in [3.05, 3.63) is 35.6 Å². The first kappa shape index (κ1) is 24.1. The summed E-state index contributed by atoms with van der Waals surface area (Å²) < 4.78 is 13.1. The number of halogens is 2. The van der Waals surface area contributed by atoms with Crippen molar-refractivity contribution in [2.24, 2.45) is 4.99 Å². The van der Waals surface area contributed by atoms with E-state index in [1.807, 2.05) is 6.07 Å². The molecule has 0 amide bonds. The fourth-order valence-corrected chi connectivity index (χ4v) is 2.53. The monoisotopic (exact) mass is 464 g/mol. The van der Waals surface area contributed by atoms with E-state index >= 15 is 0 Å². The highest BCUT2D eigenvalue weighted by Crippen LogP contribution is 2.04. The lowest BCUT2D eigenvalue weighted by Gasteiger charge is -2.12. The highest BCUT2D eigenvalue weighted by atomic mass is 127. The topological polar surface area (TPSA) is 39.7 Å². The van der Waals surface area contributed by atoms with Gasteiger partial charge in [-0.3, -0.25) is 4.99 Å². The lowest BCUT2D eigenvalue weighted by molar-refractivity contribution is 0.389. The summed E-state index contributed by atoms with van der Waals surface area (Å²) in [7, 11) is 6.02. The Morgan fingerprint density at radius 1 is 1.04 bits per heavy atom. The highest BCUT2D eigenvalue weighted by Gasteiger charge is 1.99. The summed E-state index contributed by atoms with van der Waals surface area (Å²) in [6.45, 7) is 2.86. The van der Waals surface area contributed by atoms with Crippen LogP contribution in [0, 0.1) is 5.82 Å².